The number of carbonyl (C=O) groups is 1. The zero-order valence-corrected chi connectivity index (χ0v) is 9.67. The average molecular weight is 212 g/mol. The van der Waals surface area contributed by atoms with E-state index in [1.165, 1.54) is 6.42 Å². The molecule has 2 N–H and O–H groups in total. The third-order valence-electron chi connectivity index (χ3n) is 3.09. The number of nitrogens with one attached hydrogen (secondary N) is 2. The number of hydrogen-bond donors (Lipinski definition) is 2. The van der Waals surface area contributed by atoms with Crippen molar-refractivity contribution in [1.82, 2.24) is 10.8 Å². The molecule has 2 heterocycles. The summed E-state index contributed by atoms with van der Waals surface area (Å²) in [6.45, 7) is 5.77. The van der Waals surface area contributed by atoms with Crippen molar-refractivity contribution in [3.8, 4) is 0 Å². The Morgan fingerprint density at radius 1 is 1.40 bits per heavy atom. The largest absolute Gasteiger partial charge is 0.310 e. The highest BCUT2D eigenvalue weighted by molar-refractivity contribution is 5.79. The molecule has 2 bridgehead atoms. The maximum Gasteiger partial charge on any atom is 0.248 e. The smallest absolute Gasteiger partial charge is 0.248 e. The fourth-order valence-electron chi connectivity index (χ4n) is 2.39. The first-order chi connectivity index (χ1) is 6.96. The highest BCUT2D eigenvalue weighted by Gasteiger charge is 2.43. The number of hydrogen-bond acceptors (Lipinski definition) is 3. The standard InChI is InChI=1S/C11H20N2O2/c1-11(2,3)15-13-10(14)8-6-7-4-5-9(8)12-7/h7-9,12H,4-6H2,1-3H3,(H,13,14). The second kappa shape index (κ2) is 3.76. The minimum Gasteiger partial charge on any atom is -0.310 e. The summed E-state index contributed by atoms with van der Waals surface area (Å²) < 4.78 is 0. The van der Waals surface area contributed by atoms with Gasteiger partial charge in [-0.05, 0) is 40.0 Å². The molecule has 86 valence electrons. The van der Waals surface area contributed by atoms with E-state index in [4.69, 9.17) is 4.84 Å². The first kappa shape index (κ1) is 10.9. The van der Waals surface area contributed by atoms with Gasteiger partial charge in [0.1, 0.15) is 0 Å². The topological polar surface area (TPSA) is 50.4 Å². The molecule has 1 amide bonds. The molecule has 2 aliphatic heterocycles. The van der Waals surface area contributed by atoms with E-state index in [2.05, 4.69) is 10.8 Å². The van der Waals surface area contributed by atoms with E-state index >= 15 is 0 Å². The van der Waals surface area contributed by atoms with E-state index < -0.39 is 0 Å². The lowest BCUT2D eigenvalue weighted by molar-refractivity contribution is -0.150. The number of fused-ring (bicyclic) bond motifs is 2. The number of rotatable bonds is 2. The minimum atomic E-state index is -0.319. The maximum absolute atomic E-state index is 11.8. The molecule has 0 aromatic rings. The van der Waals surface area contributed by atoms with Gasteiger partial charge in [-0.15, -0.1) is 0 Å². The normalized spacial score (nSPS) is 34.5. The van der Waals surface area contributed by atoms with Crippen LogP contribution in [0.1, 0.15) is 40.0 Å². The predicted molar refractivity (Wildman–Crippen MR) is 57.0 cm³/mol. The average Bonchev–Trinajstić information content (AvgIpc) is 2.73. The molecule has 0 saturated carbocycles. The first-order valence-electron chi connectivity index (χ1n) is 5.69. The van der Waals surface area contributed by atoms with E-state index in [1.54, 1.807) is 0 Å². The lowest BCUT2D eigenvalue weighted by Crippen LogP contribution is -2.41. The Morgan fingerprint density at radius 2 is 2.13 bits per heavy atom. The fourth-order valence-corrected chi connectivity index (χ4v) is 2.39. The van der Waals surface area contributed by atoms with Gasteiger partial charge in [0.25, 0.3) is 0 Å². The van der Waals surface area contributed by atoms with Gasteiger partial charge in [0.2, 0.25) is 5.91 Å². The van der Waals surface area contributed by atoms with E-state index in [0.29, 0.717) is 12.1 Å². The number of carbonyl (C=O) groups excluding carboxylic acids is 1. The van der Waals surface area contributed by atoms with Gasteiger partial charge >= 0.3 is 0 Å². The van der Waals surface area contributed by atoms with Crippen LogP contribution in [0.25, 0.3) is 0 Å². The lowest BCUT2D eigenvalue weighted by Gasteiger charge is -2.23. The van der Waals surface area contributed by atoms with Gasteiger partial charge in [0, 0.05) is 12.1 Å². The van der Waals surface area contributed by atoms with Gasteiger partial charge in [-0.1, -0.05) is 0 Å². The van der Waals surface area contributed by atoms with Crippen molar-refractivity contribution in [3.63, 3.8) is 0 Å². The van der Waals surface area contributed by atoms with Crippen molar-refractivity contribution in [1.29, 1.82) is 0 Å². The summed E-state index contributed by atoms with van der Waals surface area (Å²) in [7, 11) is 0. The molecule has 15 heavy (non-hydrogen) atoms. The Balaban J connectivity index is 1.82. The van der Waals surface area contributed by atoms with E-state index in [9.17, 15) is 4.79 Å². The third kappa shape index (κ3) is 2.49. The van der Waals surface area contributed by atoms with Crippen LogP contribution in [0.15, 0.2) is 0 Å². The second-order valence-electron chi connectivity index (χ2n) is 5.57. The Hall–Kier alpha value is -0.610. The van der Waals surface area contributed by atoms with Gasteiger partial charge in [0.05, 0.1) is 11.5 Å². The van der Waals surface area contributed by atoms with Gasteiger partial charge < -0.3 is 5.32 Å². The third-order valence-corrected chi connectivity index (χ3v) is 3.09. The Kier molecular flexibility index (Phi) is 2.73. The molecule has 3 unspecified atom stereocenters. The van der Waals surface area contributed by atoms with Crippen molar-refractivity contribution in [2.24, 2.45) is 5.92 Å². The number of amides is 1. The van der Waals surface area contributed by atoms with Crippen molar-refractivity contribution >= 4 is 5.91 Å². The van der Waals surface area contributed by atoms with Crippen LogP contribution in [0, 0.1) is 5.92 Å². The van der Waals surface area contributed by atoms with Crippen LogP contribution in [-0.2, 0) is 9.63 Å². The lowest BCUT2D eigenvalue weighted by atomic mass is 9.89. The minimum absolute atomic E-state index is 0.0321. The molecule has 0 aromatic heterocycles. The summed E-state index contributed by atoms with van der Waals surface area (Å²) in [6.07, 6.45) is 3.30. The molecule has 2 saturated heterocycles. The zero-order chi connectivity index (χ0) is 11.1. The monoisotopic (exact) mass is 212 g/mol. The van der Waals surface area contributed by atoms with Gasteiger partial charge in [-0.25, -0.2) is 5.48 Å². The molecule has 4 heteroatoms. The van der Waals surface area contributed by atoms with Crippen LogP contribution in [0.4, 0.5) is 0 Å². The summed E-state index contributed by atoms with van der Waals surface area (Å²) in [5.74, 6) is 0.135. The van der Waals surface area contributed by atoms with Gasteiger partial charge in [0.15, 0.2) is 0 Å². The Bertz CT molecular complexity index is 260. The van der Waals surface area contributed by atoms with E-state index in [0.717, 1.165) is 12.8 Å². The fraction of sp³-hybridized carbons (Fsp3) is 0.909. The predicted octanol–water partition coefficient (Wildman–Crippen LogP) is 0.973. The molecule has 2 fully saturated rings. The van der Waals surface area contributed by atoms with Crippen molar-refractivity contribution in [2.75, 3.05) is 0 Å². The van der Waals surface area contributed by atoms with E-state index in [-0.39, 0.29) is 17.4 Å². The highest BCUT2D eigenvalue weighted by atomic mass is 16.7. The second-order valence-corrected chi connectivity index (χ2v) is 5.57. The summed E-state index contributed by atoms with van der Waals surface area (Å²) in [5.41, 5.74) is 2.25. The zero-order valence-electron chi connectivity index (χ0n) is 9.67. The molecular weight excluding hydrogens is 192 g/mol. The van der Waals surface area contributed by atoms with Crippen molar-refractivity contribution in [2.45, 2.75) is 57.7 Å². The van der Waals surface area contributed by atoms with Gasteiger partial charge in [-0.2, -0.15) is 0 Å². The molecule has 0 spiro atoms. The molecule has 0 aliphatic carbocycles. The molecule has 0 aromatic carbocycles. The van der Waals surface area contributed by atoms with Crippen molar-refractivity contribution < 1.29 is 9.63 Å². The molecule has 2 aliphatic rings. The Labute approximate surface area is 90.7 Å². The molecule has 2 rings (SSSR count). The van der Waals surface area contributed by atoms with E-state index in [1.807, 2.05) is 20.8 Å². The maximum atomic E-state index is 11.8. The summed E-state index contributed by atoms with van der Waals surface area (Å²) in [4.78, 5) is 17.1. The first-order valence-corrected chi connectivity index (χ1v) is 5.69. The van der Waals surface area contributed by atoms with Crippen LogP contribution in [0.5, 0.6) is 0 Å². The summed E-state index contributed by atoms with van der Waals surface area (Å²) in [5, 5.41) is 3.44. The SMILES string of the molecule is CC(C)(C)ONC(=O)C1CC2CCC1N2. The van der Waals surface area contributed by atoms with Gasteiger partial charge in [-0.3, -0.25) is 9.63 Å². The number of hydroxylamine groups is 1. The summed E-state index contributed by atoms with van der Waals surface area (Å²) in [6, 6.07) is 0.930. The van der Waals surface area contributed by atoms with Crippen LogP contribution in [0.3, 0.4) is 0 Å². The van der Waals surface area contributed by atoms with Crippen LogP contribution < -0.4 is 10.8 Å². The quantitative estimate of drug-likeness (QED) is 0.671. The summed E-state index contributed by atoms with van der Waals surface area (Å²) >= 11 is 0. The van der Waals surface area contributed by atoms with Crippen molar-refractivity contribution in [3.05, 3.63) is 0 Å². The highest BCUT2D eigenvalue weighted by Crippen LogP contribution is 2.33. The van der Waals surface area contributed by atoms with Crippen LogP contribution in [-0.4, -0.2) is 23.6 Å². The molecule has 0 radical (unpaired) electrons. The molecular formula is C11H20N2O2. The van der Waals surface area contributed by atoms with Crippen LogP contribution >= 0.6 is 0 Å². The molecule has 4 nitrogen and oxygen atoms in total. The molecule has 3 atom stereocenters. The Morgan fingerprint density at radius 3 is 2.60 bits per heavy atom. The van der Waals surface area contributed by atoms with Crippen LogP contribution in [0.2, 0.25) is 0 Å².